The molecule has 0 bridgehead atoms. The lowest BCUT2D eigenvalue weighted by atomic mass is 10.3. The van der Waals surface area contributed by atoms with Crippen molar-refractivity contribution in [3.63, 3.8) is 0 Å². The van der Waals surface area contributed by atoms with Crippen LogP contribution in [0.2, 0.25) is 0 Å². The van der Waals surface area contributed by atoms with Crippen molar-refractivity contribution < 1.29 is 73.4 Å². The fourth-order valence-electron chi connectivity index (χ4n) is 1.81. The predicted octanol–water partition coefficient (Wildman–Crippen LogP) is 1.89. The van der Waals surface area contributed by atoms with Crippen LogP contribution in [0, 0.1) is 0 Å². The van der Waals surface area contributed by atoms with Gasteiger partial charge in [-0.05, 0) is 0 Å². The van der Waals surface area contributed by atoms with Gasteiger partial charge in [0.15, 0.2) is 0 Å². The van der Waals surface area contributed by atoms with Crippen LogP contribution in [0.3, 0.4) is 0 Å². The van der Waals surface area contributed by atoms with Crippen LogP contribution in [-0.2, 0) is 33.2 Å². The zero-order valence-electron chi connectivity index (χ0n) is 16.6. The second-order valence-electron chi connectivity index (χ2n) is 6.53. The number of aliphatic hydroxyl groups excluding tert-OH is 1. The Bertz CT molecular complexity index is 510. The summed E-state index contributed by atoms with van der Waals surface area (Å²) in [6.07, 6.45) is -14.6. The maximum atomic E-state index is 13.4. The molecule has 0 amide bonds. The molecule has 0 aliphatic carbocycles. The fraction of sp³-hybridized carbons (Fsp3) is 1.00. The molecule has 0 aromatic carbocycles. The van der Waals surface area contributed by atoms with Crippen LogP contribution in [-0.4, -0.2) is 108 Å². The van der Waals surface area contributed by atoms with Gasteiger partial charge in [-0.3, -0.25) is 4.74 Å². The van der Waals surface area contributed by atoms with Gasteiger partial charge >= 0.3 is 24.6 Å². The summed E-state index contributed by atoms with van der Waals surface area (Å²) in [5.41, 5.74) is 0. The van der Waals surface area contributed by atoms with E-state index in [1.54, 1.807) is 0 Å². The van der Waals surface area contributed by atoms with E-state index in [9.17, 15) is 40.2 Å². The summed E-state index contributed by atoms with van der Waals surface area (Å²) in [4.78, 5) is 0. The maximum absolute atomic E-state index is 13.4. The molecule has 1 saturated heterocycles. The van der Waals surface area contributed by atoms with Gasteiger partial charge < -0.3 is 33.5 Å². The maximum Gasteiger partial charge on any atom is 0.383 e. The number of alkyl halides is 8. The molecule has 8 nitrogen and oxygen atoms in total. The second kappa shape index (κ2) is 13.7. The average molecular weight is 496 g/mol. The normalized spacial score (nSPS) is 18.4. The Morgan fingerprint density at radius 3 is 1.91 bits per heavy atom. The molecule has 1 aliphatic heterocycles. The largest absolute Gasteiger partial charge is 0.388 e. The number of rotatable bonds is 20. The lowest BCUT2D eigenvalue weighted by Crippen LogP contribution is -2.40. The molecule has 0 spiro atoms. The number of halogens is 8. The number of hydrogen-bond acceptors (Lipinski definition) is 8. The molecular formula is C16H24F8O8. The van der Waals surface area contributed by atoms with Crippen molar-refractivity contribution in [3.8, 4) is 0 Å². The average Bonchev–Trinajstić information content (AvgIpc) is 3.46. The highest BCUT2D eigenvalue weighted by Gasteiger charge is 2.45. The van der Waals surface area contributed by atoms with Gasteiger partial charge in [-0.1, -0.05) is 0 Å². The molecule has 2 unspecified atom stereocenters. The molecule has 0 saturated carbocycles. The molecular weight excluding hydrogens is 472 g/mol. The molecule has 0 aromatic heterocycles. The van der Waals surface area contributed by atoms with Gasteiger partial charge in [0.25, 0.3) is 0 Å². The van der Waals surface area contributed by atoms with Crippen molar-refractivity contribution in [3.05, 3.63) is 0 Å². The Kier molecular flexibility index (Phi) is 12.5. The minimum Gasteiger partial charge on any atom is -0.388 e. The zero-order valence-corrected chi connectivity index (χ0v) is 16.6. The van der Waals surface area contributed by atoms with Crippen LogP contribution in [0.25, 0.3) is 0 Å². The van der Waals surface area contributed by atoms with E-state index < -0.39 is 70.5 Å². The molecule has 1 N–H and O–H groups in total. The van der Waals surface area contributed by atoms with E-state index >= 15 is 0 Å². The molecule has 0 aromatic rings. The molecule has 192 valence electrons. The second-order valence-corrected chi connectivity index (χ2v) is 6.53. The minimum absolute atomic E-state index is 0.00890. The van der Waals surface area contributed by atoms with Crippen LogP contribution >= 0.6 is 0 Å². The van der Waals surface area contributed by atoms with E-state index in [1.807, 2.05) is 0 Å². The molecule has 2 atom stereocenters. The van der Waals surface area contributed by atoms with E-state index in [0.29, 0.717) is 13.2 Å². The van der Waals surface area contributed by atoms with Crippen molar-refractivity contribution in [2.75, 3.05) is 66.3 Å². The van der Waals surface area contributed by atoms with Crippen LogP contribution < -0.4 is 0 Å². The third-order valence-electron chi connectivity index (χ3n) is 3.32. The first kappa shape index (κ1) is 29.2. The highest BCUT2D eigenvalue weighted by molar-refractivity contribution is 4.68. The van der Waals surface area contributed by atoms with Gasteiger partial charge in [0, 0.05) is 0 Å². The van der Waals surface area contributed by atoms with Gasteiger partial charge in [0.05, 0.1) is 39.6 Å². The fourth-order valence-corrected chi connectivity index (χ4v) is 1.81. The Labute approximate surface area is 177 Å². The van der Waals surface area contributed by atoms with E-state index in [0.717, 1.165) is 0 Å². The quantitative estimate of drug-likeness (QED) is 0.118. The van der Waals surface area contributed by atoms with Crippen LogP contribution in [0.4, 0.5) is 35.1 Å². The van der Waals surface area contributed by atoms with Crippen molar-refractivity contribution in [1.29, 1.82) is 0 Å². The van der Waals surface area contributed by atoms with Gasteiger partial charge in [0.2, 0.25) is 0 Å². The lowest BCUT2D eigenvalue weighted by molar-refractivity contribution is -0.396. The highest BCUT2D eigenvalue weighted by Crippen LogP contribution is 2.27. The minimum atomic E-state index is -4.50. The molecule has 1 aliphatic rings. The van der Waals surface area contributed by atoms with Crippen molar-refractivity contribution >= 4 is 0 Å². The summed E-state index contributed by atoms with van der Waals surface area (Å²) in [6.45, 7) is -6.42. The lowest BCUT2D eigenvalue weighted by Gasteiger charge is -2.24. The van der Waals surface area contributed by atoms with Gasteiger partial charge in [-0.15, -0.1) is 0 Å². The van der Waals surface area contributed by atoms with E-state index in [-0.39, 0.29) is 19.3 Å². The Balaban J connectivity index is 2.10. The summed E-state index contributed by atoms with van der Waals surface area (Å²) in [5, 5.41) is 9.30. The molecule has 1 rings (SSSR count). The van der Waals surface area contributed by atoms with Crippen LogP contribution in [0.5, 0.6) is 0 Å². The van der Waals surface area contributed by atoms with E-state index in [4.69, 9.17) is 14.2 Å². The monoisotopic (exact) mass is 496 g/mol. The molecule has 1 heterocycles. The Morgan fingerprint density at radius 2 is 1.34 bits per heavy atom. The molecule has 0 radical (unpaired) electrons. The predicted molar refractivity (Wildman–Crippen MR) is 86.9 cm³/mol. The zero-order chi connectivity index (χ0) is 24.3. The van der Waals surface area contributed by atoms with Gasteiger partial charge in [-0.2, -0.15) is 26.3 Å². The summed E-state index contributed by atoms with van der Waals surface area (Å²) >= 11 is 0. The molecule has 1 fully saturated rings. The smallest absolute Gasteiger partial charge is 0.383 e. The standard InChI is InChI=1S/C16H24F8O8/c17-13(18)14(19,20)7-28-3-11(25)4-29-8-15(21,22)32-16(23,24)9-30-10-27-2-1-26-5-12-6-31-12/h11-13,25H,1-10H2. The third kappa shape index (κ3) is 14.3. The van der Waals surface area contributed by atoms with Crippen molar-refractivity contribution in [1.82, 2.24) is 0 Å². The number of hydrogen-bond donors (Lipinski definition) is 1. The first-order valence-corrected chi connectivity index (χ1v) is 9.13. The summed E-state index contributed by atoms with van der Waals surface area (Å²) in [6, 6.07) is 0. The Morgan fingerprint density at radius 1 is 0.812 bits per heavy atom. The third-order valence-corrected chi connectivity index (χ3v) is 3.32. The van der Waals surface area contributed by atoms with Gasteiger partial charge in [-0.25, -0.2) is 8.78 Å². The van der Waals surface area contributed by atoms with Gasteiger partial charge in [0.1, 0.15) is 38.8 Å². The topological polar surface area (TPSA) is 88.1 Å². The number of aliphatic hydroxyl groups is 1. The van der Waals surface area contributed by atoms with Crippen LogP contribution in [0.15, 0.2) is 0 Å². The first-order chi connectivity index (χ1) is 14.8. The molecule has 32 heavy (non-hydrogen) atoms. The van der Waals surface area contributed by atoms with Crippen LogP contribution in [0.1, 0.15) is 0 Å². The van der Waals surface area contributed by atoms with Crippen molar-refractivity contribution in [2.24, 2.45) is 0 Å². The summed E-state index contributed by atoms with van der Waals surface area (Å²) in [7, 11) is 0. The first-order valence-electron chi connectivity index (χ1n) is 9.13. The summed E-state index contributed by atoms with van der Waals surface area (Å²) in [5.74, 6) is -4.46. The SMILES string of the molecule is OC(COCC(F)(F)OC(F)(F)COCOCCOCC1CO1)COCC(F)(F)C(F)F. The molecule has 16 heteroatoms. The highest BCUT2D eigenvalue weighted by atomic mass is 19.3. The van der Waals surface area contributed by atoms with E-state index in [1.165, 1.54) is 0 Å². The number of ether oxygens (including phenoxy) is 7. The summed E-state index contributed by atoms with van der Waals surface area (Å²) < 4.78 is 133. The van der Waals surface area contributed by atoms with Crippen molar-refractivity contribution in [2.45, 2.75) is 36.8 Å². The number of epoxide rings is 1. The Hall–Kier alpha value is -0.880. The van der Waals surface area contributed by atoms with E-state index in [2.05, 4.69) is 18.9 Å².